The fraction of sp³-hybridized carbons (Fsp3) is 0.448. The lowest BCUT2D eigenvalue weighted by Crippen LogP contribution is -2.58. The lowest BCUT2D eigenvalue weighted by molar-refractivity contribution is -0.128. The van der Waals surface area contributed by atoms with E-state index in [4.69, 9.17) is 4.52 Å². The Hall–Kier alpha value is -3.66. The minimum Gasteiger partial charge on any atom is -0.355 e. The van der Waals surface area contributed by atoms with Crippen molar-refractivity contribution >= 4 is 11.8 Å². The van der Waals surface area contributed by atoms with E-state index < -0.39 is 23.5 Å². The van der Waals surface area contributed by atoms with Crippen molar-refractivity contribution in [2.24, 2.45) is 5.92 Å². The first-order valence-electron chi connectivity index (χ1n) is 13.6. The molecule has 3 aliphatic rings. The van der Waals surface area contributed by atoms with Gasteiger partial charge in [0.25, 0.3) is 5.91 Å². The van der Waals surface area contributed by atoms with E-state index in [9.17, 15) is 18.4 Å². The SMILES string of the molecule is O=C(N[C@@H]1CCN(C2CCC2)C[C@H]1C(=O)NCC1(c2ccccn2)CC1)c1cc(-c2ccc(F)cc2F)on1. The number of carbonyl (C=O) groups is 2. The summed E-state index contributed by atoms with van der Waals surface area (Å²) >= 11 is 0. The average Bonchev–Trinajstić information content (AvgIpc) is 3.55. The van der Waals surface area contributed by atoms with Crippen LogP contribution in [0.5, 0.6) is 0 Å². The Morgan fingerprint density at radius 2 is 1.95 bits per heavy atom. The van der Waals surface area contributed by atoms with Gasteiger partial charge in [-0.25, -0.2) is 8.78 Å². The van der Waals surface area contributed by atoms with E-state index in [-0.39, 0.29) is 34.4 Å². The maximum absolute atomic E-state index is 14.2. The highest BCUT2D eigenvalue weighted by molar-refractivity contribution is 5.94. The molecule has 2 aromatic heterocycles. The van der Waals surface area contributed by atoms with Crippen molar-refractivity contribution in [1.29, 1.82) is 0 Å². The Balaban J connectivity index is 1.14. The summed E-state index contributed by atoms with van der Waals surface area (Å²) in [7, 11) is 0. The largest absolute Gasteiger partial charge is 0.355 e. The molecule has 0 bridgehead atoms. The Morgan fingerprint density at radius 3 is 2.64 bits per heavy atom. The smallest absolute Gasteiger partial charge is 0.273 e. The third-order valence-corrected chi connectivity index (χ3v) is 8.49. The molecule has 39 heavy (non-hydrogen) atoms. The second kappa shape index (κ2) is 10.5. The van der Waals surface area contributed by atoms with Crippen LogP contribution in [0.4, 0.5) is 8.78 Å². The first kappa shape index (κ1) is 25.6. The number of amides is 2. The fourth-order valence-electron chi connectivity index (χ4n) is 5.68. The summed E-state index contributed by atoms with van der Waals surface area (Å²) in [4.78, 5) is 33.5. The lowest BCUT2D eigenvalue weighted by atomic mass is 9.85. The Labute approximate surface area is 225 Å². The van der Waals surface area contributed by atoms with E-state index in [0.29, 0.717) is 25.6 Å². The first-order valence-corrected chi connectivity index (χ1v) is 13.6. The maximum atomic E-state index is 14.2. The molecule has 6 rings (SSSR count). The second-order valence-electron chi connectivity index (χ2n) is 11.0. The minimum absolute atomic E-state index is 0.0101. The van der Waals surface area contributed by atoms with Crippen LogP contribution in [0.3, 0.4) is 0 Å². The predicted octanol–water partition coefficient (Wildman–Crippen LogP) is 3.84. The van der Waals surface area contributed by atoms with Gasteiger partial charge in [-0.2, -0.15) is 0 Å². The Kier molecular flexibility index (Phi) is 6.88. The standard InChI is InChI=1S/C29H31F2N5O3/c30-18-7-8-20(22(31)14-18)25-15-24(35-39-25)28(38)34-23-9-13-36(19-4-3-5-19)16-21(23)27(37)33-17-29(10-11-29)26-6-1-2-12-32-26/h1-2,6-8,12,14-15,19,21,23H,3-5,9-11,13,16-17H2,(H,33,37)(H,34,38)/t21-,23-/m1/s1. The van der Waals surface area contributed by atoms with Gasteiger partial charge >= 0.3 is 0 Å². The summed E-state index contributed by atoms with van der Waals surface area (Å²) in [6.45, 7) is 1.88. The van der Waals surface area contributed by atoms with Gasteiger partial charge in [-0.15, -0.1) is 0 Å². The van der Waals surface area contributed by atoms with E-state index in [1.165, 1.54) is 18.6 Å². The first-order chi connectivity index (χ1) is 18.9. The van der Waals surface area contributed by atoms with E-state index in [1.54, 1.807) is 6.20 Å². The van der Waals surface area contributed by atoms with Gasteiger partial charge in [0.05, 0.1) is 11.5 Å². The molecule has 3 heterocycles. The van der Waals surface area contributed by atoms with Gasteiger partial charge in [0, 0.05) is 61.2 Å². The van der Waals surface area contributed by atoms with Crippen LogP contribution >= 0.6 is 0 Å². The fourth-order valence-corrected chi connectivity index (χ4v) is 5.68. The van der Waals surface area contributed by atoms with Gasteiger partial charge in [0.15, 0.2) is 11.5 Å². The van der Waals surface area contributed by atoms with Crippen LogP contribution in [0, 0.1) is 17.6 Å². The summed E-state index contributed by atoms with van der Waals surface area (Å²) in [5.41, 5.74) is 0.858. The third-order valence-electron chi connectivity index (χ3n) is 8.49. The molecule has 3 fully saturated rings. The summed E-state index contributed by atoms with van der Waals surface area (Å²) in [6.07, 6.45) is 7.84. The molecule has 2 N–H and O–H groups in total. The molecule has 204 valence electrons. The zero-order valence-corrected chi connectivity index (χ0v) is 21.5. The number of hydrogen-bond acceptors (Lipinski definition) is 6. The van der Waals surface area contributed by atoms with Gasteiger partial charge in [0.2, 0.25) is 5.91 Å². The molecule has 8 nitrogen and oxygen atoms in total. The highest BCUT2D eigenvalue weighted by Gasteiger charge is 2.46. The molecule has 1 aliphatic heterocycles. The van der Waals surface area contributed by atoms with E-state index >= 15 is 0 Å². The number of benzene rings is 1. The van der Waals surface area contributed by atoms with Crippen molar-refractivity contribution in [3.05, 3.63) is 71.7 Å². The molecular formula is C29H31F2N5O3. The molecule has 1 saturated heterocycles. The van der Waals surface area contributed by atoms with Crippen molar-refractivity contribution < 1.29 is 22.9 Å². The number of carbonyl (C=O) groups excluding carboxylic acids is 2. The third kappa shape index (κ3) is 5.30. The van der Waals surface area contributed by atoms with Gasteiger partial charge in [-0.05, 0) is 56.4 Å². The van der Waals surface area contributed by atoms with Crippen LogP contribution in [0.2, 0.25) is 0 Å². The van der Waals surface area contributed by atoms with Crippen LogP contribution in [0.1, 0.15) is 54.7 Å². The normalized spacial score (nSPS) is 22.6. The molecule has 2 aliphatic carbocycles. The van der Waals surface area contributed by atoms with Crippen molar-refractivity contribution in [1.82, 2.24) is 25.7 Å². The molecule has 0 unspecified atom stereocenters. The molecule has 3 aromatic rings. The van der Waals surface area contributed by atoms with Crippen LogP contribution in [0.25, 0.3) is 11.3 Å². The van der Waals surface area contributed by atoms with Crippen LogP contribution in [-0.2, 0) is 10.2 Å². The molecule has 2 saturated carbocycles. The zero-order valence-electron chi connectivity index (χ0n) is 21.5. The number of likely N-dealkylation sites (tertiary alicyclic amines) is 1. The number of nitrogens with zero attached hydrogens (tertiary/aromatic N) is 3. The summed E-state index contributed by atoms with van der Waals surface area (Å²) in [5.74, 6) is -2.50. The quantitative estimate of drug-likeness (QED) is 0.455. The zero-order chi connectivity index (χ0) is 27.0. The highest BCUT2D eigenvalue weighted by atomic mass is 19.1. The second-order valence-corrected chi connectivity index (χ2v) is 11.0. The topological polar surface area (TPSA) is 100 Å². The lowest BCUT2D eigenvalue weighted by Gasteiger charge is -2.45. The van der Waals surface area contributed by atoms with Crippen LogP contribution < -0.4 is 10.6 Å². The molecular weight excluding hydrogens is 504 g/mol. The minimum atomic E-state index is -0.808. The molecule has 1 aromatic carbocycles. The number of halogens is 2. The molecule has 2 amide bonds. The summed E-state index contributed by atoms with van der Waals surface area (Å²) < 4.78 is 32.7. The van der Waals surface area contributed by atoms with Gasteiger partial charge < -0.3 is 15.2 Å². The average molecular weight is 536 g/mol. The number of nitrogens with one attached hydrogen (secondary N) is 2. The van der Waals surface area contributed by atoms with Crippen LogP contribution in [-0.4, -0.2) is 58.6 Å². The molecule has 10 heteroatoms. The monoisotopic (exact) mass is 535 g/mol. The number of rotatable bonds is 8. The predicted molar refractivity (Wildman–Crippen MR) is 139 cm³/mol. The highest BCUT2D eigenvalue weighted by Crippen LogP contribution is 2.46. The maximum Gasteiger partial charge on any atom is 0.273 e. The van der Waals surface area contributed by atoms with E-state index in [1.807, 2.05) is 18.2 Å². The number of pyridine rings is 1. The molecule has 0 radical (unpaired) electrons. The Bertz CT molecular complexity index is 1360. The molecule has 0 spiro atoms. The van der Waals surface area contributed by atoms with Crippen molar-refractivity contribution in [3.8, 4) is 11.3 Å². The Morgan fingerprint density at radius 1 is 1.10 bits per heavy atom. The molecule has 2 atom stereocenters. The van der Waals surface area contributed by atoms with Gasteiger partial charge in [-0.1, -0.05) is 17.6 Å². The van der Waals surface area contributed by atoms with E-state index in [0.717, 1.165) is 50.1 Å². The van der Waals surface area contributed by atoms with Crippen LogP contribution in [0.15, 0.2) is 53.2 Å². The number of aromatic nitrogens is 2. The number of hydrogen-bond donors (Lipinski definition) is 2. The van der Waals surface area contributed by atoms with E-state index in [2.05, 4.69) is 25.7 Å². The van der Waals surface area contributed by atoms with Gasteiger partial charge in [-0.3, -0.25) is 19.5 Å². The summed E-state index contributed by atoms with van der Waals surface area (Å²) in [6, 6.07) is 10.4. The summed E-state index contributed by atoms with van der Waals surface area (Å²) in [5, 5.41) is 9.95. The van der Waals surface area contributed by atoms with Crippen molar-refractivity contribution in [2.45, 2.75) is 56.0 Å². The van der Waals surface area contributed by atoms with Gasteiger partial charge in [0.1, 0.15) is 11.6 Å². The number of piperidine rings is 1. The van der Waals surface area contributed by atoms with Crippen molar-refractivity contribution in [2.75, 3.05) is 19.6 Å². The van der Waals surface area contributed by atoms with Crippen molar-refractivity contribution in [3.63, 3.8) is 0 Å².